The highest BCUT2D eigenvalue weighted by molar-refractivity contribution is 9.10. The number of halogens is 2. The molecular formula is C14H12BrFO2. The maximum atomic E-state index is 13.3. The van der Waals surface area contributed by atoms with Crippen LogP contribution in [0.25, 0.3) is 0 Å². The van der Waals surface area contributed by atoms with Crippen molar-refractivity contribution in [2.45, 2.75) is 6.61 Å². The van der Waals surface area contributed by atoms with Crippen LogP contribution in [-0.4, -0.2) is 7.11 Å². The van der Waals surface area contributed by atoms with Crippen molar-refractivity contribution in [3.8, 4) is 11.5 Å². The Morgan fingerprint density at radius 1 is 1.11 bits per heavy atom. The van der Waals surface area contributed by atoms with Crippen LogP contribution in [0.3, 0.4) is 0 Å². The van der Waals surface area contributed by atoms with E-state index in [-0.39, 0.29) is 11.6 Å². The molecule has 0 aromatic heterocycles. The molecule has 94 valence electrons. The SMILES string of the molecule is COc1ccc(COc2ccccc2F)cc1Br. The lowest BCUT2D eigenvalue weighted by Gasteiger charge is -2.09. The molecule has 2 rings (SSSR count). The van der Waals surface area contributed by atoms with Gasteiger partial charge in [-0.15, -0.1) is 0 Å². The number of rotatable bonds is 4. The predicted molar refractivity (Wildman–Crippen MR) is 71.4 cm³/mol. The Kier molecular flexibility index (Phi) is 4.20. The zero-order valence-corrected chi connectivity index (χ0v) is 11.4. The van der Waals surface area contributed by atoms with Gasteiger partial charge in [-0.05, 0) is 45.8 Å². The topological polar surface area (TPSA) is 18.5 Å². The van der Waals surface area contributed by atoms with Gasteiger partial charge in [0.2, 0.25) is 0 Å². The van der Waals surface area contributed by atoms with Crippen LogP contribution >= 0.6 is 15.9 Å². The standard InChI is InChI=1S/C14H12BrFO2/c1-17-13-7-6-10(8-11(13)15)9-18-14-5-3-2-4-12(14)16/h2-8H,9H2,1H3. The molecule has 0 bridgehead atoms. The normalized spacial score (nSPS) is 10.2. The number of benzene rings is 2. The quantitative estimate of drug-likeness (QED) is 0.843. The summed E-state index contributed by atoms with van der Waals surface area (Å²) in [6, 6.07) is 12.0. The molecule has 0 aliphatic rings. The zero-order chi connectivity index (χ0) is 13.0. The number of ether oxygens (including phenoxy) is 2. The van der Waals surface area contributed by atoms with Gasteiger partial charge in [0.15, 0.2) is 11.6 Å². The summed E-state index contributed by atoms with van der Waals surface area (Å²) >= 11 is 3.39. The first kappa shape index (κ1) is 12.9. The molecule has 0 atom stereocenters. The average Bonchev–Trinajstić information content (AvgIpc) is 2.38. The minimum Gasteiger partial charge on any atom is -0.496 e. The van der Waals surface area contributed by atoms with Crippen LogP contribution < -0.4 is 9.47 Å². The molecule has 2 aromatic rings. The van der Waals surface area contributed by atoms with Gasteiger partial charge in [0.25, 0.3) is 0 Å². The lowest BCUT2D eigenvalue weighted by Crippen LogP contribution is -1.97. The van der Waals surface area contributed by atoms with Crippen molar-refractivity contribution in [2.75, 3.05) is 7.11 Å². The van der Waals surface area contributed by atoms with E-state index in [0.29, 0.717) is 6.61 Å². The molecular weight excluding hydrogens is 299 g/mol. The number of hydrogen-bond donors (Lipinski definition) is 0. The van der Waals surface area contributed by atoms with Gasteiger partial charge in [-0.3, -0.25) is 0 Å². The van der Waals surface area contributed by atoms with E-state index in [1.807, 2.05) is 18.2 Å². The molecule has 0 heterocycles. The predicted octanol–water partition coefficient (Wildman–Crippen LogP) is 4.18. The molecule has 4 heteroatoms. The van der Waals surface area contributed by atoms with E-state index in [9.17, 15) is 4.39 Å². The molecule has 0 radical (unpaired) electrons. The first-order valence-electron chi connectivity index (χ1n) is 5.40. The van der Waals surface area contributed by atoms with Crippen molar-refractivity contribution < 1.29 is 13.9 Å². The van der Waals surface area contributed by atoms with E-state index in [4.69, 9.17) is 9.47 Å². The lowest BCUT2D eigenvalue weighted by atomic mass is 10.2. The molecule has 18 heavy (non-hydrogen) atoms. The third-order valence-electron chi connectivity index (χ3n) is 2.45. The van der Waals surface area contributed by atoms with E-state index < -0.39 is 0 Å². The van der Waals surface area contributed by atoms with Gasteiger partial charge in [-0.25, -0.2) is 4.39 Å². The highest BCUT2D eigenvalue weighted by Gasteiger charge is 2.04. The van der Waals surface area contributed by atoms with E-state index in [1.165, 1.54) is 6.07 Å². The van der Waals surface area contributed by atoms with Gasteiger partial charge in [-0.1, -0.05) is 18.2 Å². The van der Waals surface area contributed by atoms with Crippen molar-refractivity contribution in [3.63, 3.8) is 0 Å². The summed E-state index contributed by atoms with van der Waals surface area (Å²) in [6.45, 7) is 0.309. The van der Waals surface area contributed by atoms with Crippen LogP contribution in [0.2, 0.25) is 0 Å². The Labute approximate surface area is 113 Å². The maximum Gasteiger partial charge on any atom is 0.165 e. The van der Waals surface area contributed by atoms with Crippen molar-refractivity contribution in [2.24, 2.45) is 0 Å². The van der Waals surface area contributed by atoms with Crippen LogP contribution in [-0.2, 0) is 6.61 Å². The Hall–Kier alpha value is -1.55. The molecule has 0 saturated carbocycles. The summed E-state index contributed by atoms with van der Waals surface area (Å²) in [6.07, 6.45) is 0. The molecule has 0 aliphatic heterocycles. The third kappa shape index (κ3) is 3.01. The third-order valence-corrected chi connectivity index (χ3v) is 3.07. The van der Waals surface area contributed by atoms with Gasteiger partial charge < -0.3 is 9.47 Å². The fourth-order valence-electron chi connectivity index (χ4n) is 1.52. The molecule has 0 spiro atoms. The summed E-state index contributed by atoms with van der Waals surface area (Å²) in [5.74, 6) is 0.652. The monoisotopic (exact) mass is 310 g/mol. The van der Waals surface area contributed by atoms with Gasteiger partial charge in [0, 0.05) is 0 Å². The fraction of sp³-hybridized carbons (Fsp3) is 0.143. The lowest BCUT2D eigenvalue weighted by molar-refractivity contribution is 0.290. The van der Waals surface area contributed by atoms with Gasteiger partial charge in [0.05, 0.1) is 11.6 Å². The van der Waals surface area contributed by atoms with Crippen molar-refractivity contribution in [1.82, 2.24) is 0 Å². The van der Waals surface area contributed by atoms with Crippen LogP contribution in [0.5, 0.6) is 11.5 Å². The largest absolute Gasteiger partial charge is 0.496 e. The summed E-state index contributed by atoms with van der Waals surface area (Å²) in [5, 5.41) is 0. The first-order chi connectivity index (χ1) is 8.70. The van der Waals surface area contributed by atoms with Gasteiger partial charge in [0.1, 0.15) is 12.4 Å². The number of hydrogen-bond acceptors (Lipinski definition) is 2. The Balaban J connectivity index is 2.07. The minimum atomic E-state index is -0.356. The molecule has 0 fully saturated rings. The second-order valence-corrected chi connectivity index (χ2v) is 4.54. The maximum absolute atomic E-state index is 13.3. The van der Waals surface area contributed by atoms with Crippen molar-refractivity contribution in [1.29, 1.82) is 0 Å². The summed E-state index contributed by atoms with van der Waals surface area (Å²) in [4.78, 5) is 0. The second kappa shape index (κ2) is 5.87. The summed E-state index contributed by atoms with van der Waals surface area (Å²) in [7, 11) is 1.61. The van der Waals surface area contributed by atoms with Crippen LogP contribution in [0.1, 0.15) is 5.56 Å². The van der Waals surface area contributed by atoms with Crippen LogP contribution in [0.15, 0.2) is 46.9 Å². The van der Waals surface area contributed by atoms with Gasteiger partial charge in [-0.2, -0.15) is 0 Å². The fourth-order valence-corrected chi connectivity index (χ4v) is 2.11. The molecule has 0 amide bonds. The molecule has 2 aromatic carbocycles. The Morgan fingerprint density at radius 3 is 2.56 bits per heavy atom. The van der Waals surface area contributed by atoms with Crippen molar-refractivity contribution in [3.05, 3.63) is 58.3 Å². The van der Waals surface area contributed by atoms with E-state index in [2.05, 4.69) is 15.9 Å². The van der Waals surface area contributed by atoms with Crippen LogP contribution in [0.4, 0.5) is 4.39 Å². The van der Waals surface area contributed by atoms with Crippen LogP contribution in [0, 0.1) is 5.82 Å². The van der Waals surface area contributed by atoms with E-state index >= 15 is 0 Å². The summed E-state index contributed by atoms with van der Waals surface area (Å²) < 4.78 is 24.7. The van der Waals surface area contributed by atoms with Crippen molar-refractivity contribution >= 4 is 15.9 Å². The van der Waals surface area contributed by atoms with E-state index in [1.54, 1.807) is 25.3 Å². The molecule has 0 unspecified atom stereocenters. The second-order valence-electron chi connectivity index (χ2n) is 3.69. The average molecular weight is 311 g/mol. The Morgan fingerprint density at radius 2 is 1.89 bits per heavy atom. The highest BCUT2D eigenvalue weighted by atomic mass is 79.9. The molecule has 0 aliphatic carbocycles. The number of methoxy groups -OCH3 is 1. The van der Waals surface area contributed by atoms with Gasteiger partial charge >= 0.3 is 0 Å². The highest BCUT2D eigenvalue weighted by Crippen LogP contribution is 2.26. The zero-order valence-electron chi connectivity index (χ0n) is 9.82. The molecule has 2 nitrogen and oxygen atoms in total. The first-order valence-corrected chi connectivity index (χ1v) is 6.20. The number of para-hydroxylation sites is 1. The van der Waals surface area contributed by atoms with E-state index in [0.717, 1.165) is 15.8 Å². The smallest absolute Gasteiger partial charge is 0.165 e. The summed E-state index contributed by atoms with van der Waals surface area (Å²) in [5.41, 5.74) is 0.936. The minimum absolute atomic E-state index is 0.254. The Bertz CT molecular complexity index is 543. The molecule has 0 saturated heterocycles. The molecule has 0 N–H and O–H groups in total.